The SMILES string of the molecule is O=C(O)C(O)c1cc(Cl)ccc1CCCCl. The summed E-state index contributed by atoms with van der Waals surface area (Å²) in [6.07, 6.45) is -0.188. The van der Waals surface area contributed by atoms with Crippen molar-refractivity contribution in [2.75, 3.05) is 5.88 Å². The number of aryl methyl sites for hydroxylation is 1. The third-order valence-electron chi connectivity index (χ3n) is 2.22. The molecule has 0 radical (unpaired) electrons. The average molecular weight is 263 g/mol. The van der Waals surface area contributed by atoms with Crippen molar-refractivity contribution in [2.45, 2.75) is 18.9 Å². The zero-order valence-corrected chi connectivity index (χ0v) is 10.0. The number of carboxylic acid groups (broad SMARTS) is 1. The van der Waals surface area contributed by atoms with Crippen molar-refractivity contribution in [1.82, 2.24) is 0 Å². The van der Waals surface area contributed by atoms with Crippen molar-refractivity contribution in [3.8, 4) is 0 Å². The molecule has 0 fully saturated rings. The maximum Gasteiger partial charge on any atom is 0.337 e. The molecule has 0 saturated carbocycles. The van der Waals surface area contributed by atoms with Gasteiger partial charge >= 0.3 is 5.97 Å². The van der Waals surface area contributed by atoms with Gasteiger partial charge in [-0.25, -0.2) is 4.79 Å². The summed E-state index contributed by atoms with van der Waals surface area (Å²) in [6, 6.07) is 4.86. The third-order valence-corrected chi connectivity index (χ3v) is 2.72. The Hall–Kier alpha value is -0.770. The molecule has 0 amide bonds. The highest BCUT2D eigenvalue weighted by Gasteiger charge is 2.19. The van der Waals surface area contributed by atoms with E-state index < -0.39 is 12.1 Å². The second kappa shape index (κ2) is 6.09. The zero-order chi connectivity index (χ0) is 12.1. The molecule has 0 aliphatic carbocycles. The minimum Gasteiger partial charge on any atom is -0.479 e. The Kier molecular flexibility index (Phi) is 5.06. The summed E-state index contributed by atoms with van der Waals surface area (Å²) < 4.78 is 0. The Morgan fingerprint density at radius 1 is 1.44 bits per heavy atom. The van der Waals surface area contributed by atoms with E-state index in [-0.39, 0.29) is 0 Å². The first-order valence-corrected chi connectivity index (χ1v) is 5.72. The number of aliphatic hydroxyl groups is 1. The van der Waals surface area contributed by atoms with E-state index in [1.54, 1.807) is 12.1 Å². The van der Waals surface area contributed by atoms with Crippen LogP contribution >= 0.6 is 23.2 Å². The molecule has 0 heterocycles. The molecule has 88 valence electrons. The summed E-state index contributed by atoms with van der Waals surface area (Å²) in [7, 11) is 0. The Morgan fingerprint density at radius 3 is 2.69 bits per heavy atom. The number of hydrogen-bond acceptors (Lipinski definition) is 2. The fourth-order valence-electron chi connectivity index (χ4n) is 1.44. The van der Waals surface area contributed by atoms with E-state index in [1.807, 2.05) is 0 Å². The summed E-state index contributed by atoms with van der Waals surface area (Å²) in [4.78, 5) is 10.7. The largest absolute Gasteiger partial charge is 0.479 e. The van der Waals surface area contributed by atoms with Crippen LogP contribution in [0.3, 0.4) is 0 Å². The molecule has 1 atom stereocenters. The quantitative estimate of drug-likeness (QED) is 0.803. The summed E-state index contributed by atoms with van der Waals surface area (Å²) >= 11 is 11.3. The van der Waals surface area contributed by atoms with Crippen LogP contribution in [0.4, 0.5) is 0 Å². The molecule has 3 nitrogen and oxygen atoms in total. The molecule has 0 spiro atoms. The van der Waals surface area contributed by atoms with Gasteiger partial charge in [-0.1, -0.05) is 17.7 Å². The van der Waals surface area contributed by atoms with Crippen LogP contribution in [0, 0.1) is 0 Å². The molecule has 0 aromatic heterocycles. The first-order valence-electron chi connectivity index (χ1n) is 4.81. The monoisotopic (exact) mass is 262 g/mol. The van der Waals surface area contributed by atoms with E-state index in [0.717, 1.165) is 12.0 Å². The number of aliphatic carboxylic acids is 1. The van der Waals surface area contributed by atoms with Crippen molar-refractivity contribution >= 4 is 29.2 Å². The van der Waals surface area contributed by atoms with Crippen LogP contribution in [-0.2, 0) is 11.2 Å². The van der Waals surface area contributed by atoms with Gasteiger partial charge in [-0.2, -0.15) is 0 Å². The van der Waals surface area contributed by atoms with E-state index in [2.05, 4.69) is 0 Å². The topological polar surface area (TPSA) is 57.5 Å². The van der Waals surface area contributed by atoms with Crippen LogP contribution in [-0.4, -0.2) is 22.1 Å². The number of aliphatic hydroxyl groups excluding tert-OH is 1. The van der Waals surface area contributed by atoms with Crippen LogP contribution in [0.2, 0.25) is 5.02 Å². The van der Waals surface area contributed by atoms with Gasteiger partial charge in [-0.05, 0) is 36.1 Å². The lowest BCUT2D eigenvalue weighted by atomic mass is 9.99. The van der Waals surface area contributed by atoms with Gasteiger partial charge in [0.1, 0.15) is 0 Å². The third kappa shape index (κ3) is 3.37. The van der Waals surface area contributed by atoms with Crippen molar-refractivity contribution < 1.29 is 15.0 Å². The molecule has 0 aliphatic rings. The number of carbonyl (C=O) groups is 1. The maximum atomic E-state index is 10.7. The molecular weight excluding hydrogens is 251 g/mol. The van der Waals surface area contributed by atoms with Gasteiger partial charge in [-0.3, -0.25) is 0 Å². The molecule has 1 rings (SSSR count). The van der Waals surface area contributed by atoms with Crippen LogP contribution in [0.5, 0.6) is 0 Å². The van der Waals surface area contributed by atoms with Gasteiger partial charge in [0, 0.05) is 10.9 Å². The van der Waals surface area contributed by atoms with Crippen molar-refractivity contribution in [2.24, 2.45) is 0 Å². The molecule has 2 N–H and O–H groups in total. The molecule has 16 heavy (non-hydrogen) atoms. The van der Waals surface area contributed by atoms with Crippen molar-refractivity contribution in [3.05, 3.63) is 34.3 Å². The zero-order valence-electron chi connectivity index (χ0n) is 8.49. The molecule has 1 aromatic carbocycles. The van der Waals surface area contributed by atoms with Crippen LogP contribution in [0.25, 0.3) is 0 Å². The predicted octanol–water partition coefficient (Wildman–Crippen LogP) is 2.63. The van der Waals surface area contributed by atoms with Crippen molar-refractivity contribution in [1.29, 1.82) is 0 Å². The average Bonchev–Trinajstić information content (AvgIpc) is 2.26. The summed E-state index contributed by atoms with van der Waals surface area (Å²) in [5, 5.41) is 18.7. The fourth-order valence-corrected chi connectivity index (χ4v) is 1.75. The van der Waals surface area contributed by atoms with Crippen molar-refractivity contribution in [3.63, 3.8) is 0 Å². The fraction of sp³-hybridized carbons (Fsp3) is 0.364. The second-order valence-electron chi connectivity index (χ2n) is 3.38. The first kappa shape index (κ1) is 13.3. The smallest absolute Gasteiger partial charge is 0.337 e. The molecule has 1 unspecified atom stereocenters. The lowest BCUT2D eigenvalue weighted by Crippen LogP contribution is -2.13. The highest BCUT2D eigenvalue weighted by atomic mass is 35.5. The molecule has 0 bridgehead atoms. The lowest BCUT2D eigenvalue weighted by Gasteiger charge is -2.12. The number of benzene rings is 1. The Balaban J connectivity index is 3.02. The van der Waals surface area contributed by atoms with E-state index in [4.69, 9.17) is 28.3 Å². The Bertz CT molecular complexity index is 379. The van der Waals surface area contributed by atoms with Gasteiger partial charge in [0.25, 0.3) is 0 Å². The minimum atomic E-state index is -1.54. The first-order chi connectivity index (χ1) is 7.56. The maximum absolute atomic E-state index is 10.7. The van der Waals surface area contributed by atoms with Gasteiger partial charge < -0.3 is 10.2 Å². The second-order valence-corrected chi connectivity index (χ2v) is 4.19. The molecule has 0 saturated heterocycles. The molecule has 5 heteroatoms. The van der Waals surface area contributed by atoms with E-state index in [1.165, 1.54) is 6.07 Å². The highest BCUT2D eigenvalue weighted by molar-refractivity contribution is 6.30. The predicted molar refractivity (Wildman–Crippen MR) is 63.1 cm³/mol. The Labute approximate surface area is 104 Å². The number of hydrogen-bond donors (Lipinski definition) is 2. The van der Waals surface area contributed by atoms with Gasteiger partial charge in [0.15, 0.2) is 6.10 Å². The summed E-state index contributed by atoms with van der Waals surface area (Å²) in [6.45, 7) is 0. The Morgan fingerprint density at radius 2 is 2.12 bits per heavy atom. The summed E-state index contributed by atoms with van der Waals surface area (Å²) in [5.74, 6) is -0.792. The number of rotatable bonds is 5. The number of alkyl halides is 1. The van der Waals surface area contributed by atoms with Crippen LogP contribution in [0.15, 0.2) is 18.2 Å². The molecular formula is C11H12Cl2O3. The normalized spacial score (nSPS) is 12.4. The standard InChI is InChI=1S/C11H12Cl2O3/c12-5-1-2-7-3-4-8(13)6-9(7)10(14)11(15)16/h3-4,6,10,14H,1-2,5H2,(H,15,16). The summed E-state index contributed by atoms with van der Waals surface area (Å²) in [5.41, 5.74) is 1.10. The van der Waals surface area contributed by atoms with E-state index >= 15 is 0 Å². The van der Waals surface area contributed by atoms with Crippen LogP contribution < -0.4 is 0 Å². The number of carboxylic acids is 1. The minimum absolute atomic E-state index is 0.338. The highest BCUT2D eigenvalue weighted by Crippen LogP contribution is 2.24. The van der Waals surface area contributed by atoms with E-state index in [9.17, 15) is 9.90 Å². The van der Waals surface area contributed by atoms with Gasteiger partial charge in [0.05, 0.1) is 0 Å². The number of halogens is 2. The molecule has 0 aliphatic heterocycles. The lowest BCUT2D eigenvalue weighted by molar-refractivity contribution is -0.147. The van der Waals surface area contributed by atoms with Gasteiger partial charge in [0.2, 0.25) is 0 Å². The van der Waals surface area contributed by atoms with E-state index in [0.29, 0.717) is 22.9 Å². The molecule has 1 aromatic rings. The van der Waals surface area contributed by atoms with Gasteiger partial charge in [-0.15, -0.1) is 11.6 Å². The van der Waals surface area contributed by atoms with Crippen LogP contribution in [0.1, 0.15) is 23.7 Å².